The standard InChI is InChI=1S/C14H16BrClN2O3/c1-2-14(13(20)21)4-3-5-18(8-14)12(19)10-6-9(15)7-17-11(10)16/h6-7H,2-5,8H2,1H3,(H,20,21). The summed E-state index contributed by atoms with van der Waals surface area (Å²) >= 11 is 9.24. The van der Waals surface area contributed by atoms with Crippen LogP contribution in [0.1, 0.15) is 36.5 Å². The summed E-state index contributed by atoms with van der Waals surface area (Å²) < 4.78 is 0.659. The zero-order valence-corrected chi connectivity index (χ0v) is 13.9. The second kappa shape index (κ2) is 6.32. The first-order valence-corrected chi connectivity index (χ1v) is 7.90. The minimum Gasteiger partial charge on any atom is -0.481 e. The van der Waals surface area contributed by atoms with Gasteiger partial charge in [-0.25, -0.2) is 4.98 Å². The highest BCUT2D eigenvalue weighted by molar-refractivity contribution is 9.10. The Morgan fingerprint density at radius 3 is 2.90 bits per heavy atom. The Kier molecular flexibility index (Phi) is 4.88. The summed E-state index contributed by atoms with van der Waals surface area (Å²) in [5.74, 6) is -1.12. The predicted octanol–water partition coefficient (Wildman–Crippen LogP) is 3.21. The Morgan fingerprint density at radius 1 is 1.57 bits per heavy atom. The lowest BCUT2D eigenvalue weighted by Crippen LogP contribution is -2.49. The summed E-state index contributed by atoms with van der Waals surface area (Å²) in [6.45, 7) is 2.59. The maximum Gasteiger partial charge on any atom is 0.311 e. The van der Waals surface area contributed by atoms with E-state index in [1.54, 1.807) is 11.0 Å². The number of carboxylic acids is 1. The maximum atomic E-state index is 12.6. The van der Waals surface area contributed by atoms with Crippen LogP contribution in [0.25, 0.3) is 0 Å². The van der Waals surface area contributed by atoms with Gasteiger partial charge in [0.25, 0.3) is 5.91 Å². The van der Waals surface area contributed by atoms with Crippen LogP contribution < -0.4 is 0 Å². The average Bonchev–Trinajstić information content (AvgIpc) is 2.48. The number of piperidine rings is 1. The zero-order chi connectivity index (χ0) is 15.6. The highest BCUT2D eigenvalue weighted by atomic mass is 79.9. The molecular weight excluding hydrogens is 360 g/mol. The maximum absolute atomic E-state index is 12.6. The Labute approximate surface area is 136 Å². The van der Waals surface area contributed by atoms with Crippen LogP contribution in [0.3, 0.4) is 0 Å². The van der Waals surface area contributed by atoms with E-state index < -0.39 is 11.4 Å². The molecule has 5 nitrogen and oxygen atoms in total. The van der Waals surface area contributed by atoms with Crippen LogP contribution >= 0.6 is 27.5 Å². The van der Waals surface area contributed by atoms with Crippen LogP contribution in [0.5, 0.6) is 0 Å². The minimum atomic E-state index is -0.861. The molecule has 2 rings (SSSR count). The van der Waals surface area contributed by atoms with E-state index in [9.17, 15) is 14.7 Å². The lowest BCUT2D eigenvalue weighted by atomic mass is 9.77. The quantitative estimate of drug-likeness (QED) is 0.824. The van der Waals surface area contributed by atoms with Gasteiger partial charge in [-0.1, -0.05) is 18.5 Å². The third-order valence-corrected chi connectivity index (χ3v) is 4.77. The van der Waals surface area contributed by atoms with Crippen molar-refractivity contribution < 1.29 is 14.7 Å². The molecule has 7 heteroatoms. The first-order valence-electron chi connectivity index (χ1n) is 6.73. The molecule has 1 N–H and O–H groups in total. The number of rotatable bonds is 3. The number of aliphatic carboxylic acids is 1. The Hall–Kier alpha value is -1.14. The second-order valence-electron chi connectivity index (χ2n) is 5.26. The van der Waals surface area contributed by atoms with Crippen LogP contribution in [-0.2, 0) is 4.79 Å². The van der Waals surface area contributed by atoms with Gasteiger partial charge in [-0.05, 0) is 41.3 Å². The number of pyridine rings is 1. The summed E-state index contributed by atoms with van der Waals surface area (Å²) in [6, 6.07) is 1.61. The molecule has 1 aromatic heterocycles. The highest BCUT2D eigenvalue weighted by Crippen LogP contribution is 2.34. The minimum absolute atomic E-state index is 0.131. The molecule has 1 fully saturated rings. The van der Waals surface area contributed by atoms with Crippen molar-refractivity contribution in [2.24, 2.45) is 5.41 Å². The Balaban J connectivity index is 2.27. The van der Waals surface area contributed by atoms with Crippen molar-refractivity contribution >= 4 is 39.4 Å². The van der Waals surface area contributed by atoms with Gasteiger partial charge in [0.05, 0.1) is 11.0 Å². The molecule has 0 bridgehead atoms. The molecule has 1 aliphatic rings. The first-order chi connectivity index (χ1) is 9.89. The number of aromatic nitrogens is 1. The third kappa shape index (κ3) is 3.21. The van der Waals surface area contributed by atoms with E-state index in [1.165, 1.54) is 6.20 Å². The van der Waals surface area contributed by atoms with Gasteiger partial charge < -0.3 is 10.0 Å². The van der Waals surface area contributed by atoms with Crippen molar-refractivity contribution in [2.75, 3.05) is 13.1 Å². The van der Waals surface area contributed by atoms with Gasteiger partial charge in [-0.3, -0.25) is 9.59 Å². The van der Waals surface area contributed by atoms with Crippen molar-refractivity contribution in [3.05, 3.63) is 27.5 Å². The molecule has 0 saturated carbocycles. The number of carbonyl (C=O) groups excluding carboxylic acids is 1. The number of amides is 1. The van der Waals surface area contributed by atoms with Crippen molar-refractivity contribution in [3.63, 3.8) is 0 Å². The molecule has 0 spiro atoms. The van der Waals surface area contributed by atoms with E-state index in [1.807, 2.05) is 6.92 Å². The van der Waals surface area contributed by atoms with Gasteiger partial charge >= 0.3 is 5.97 Å². The fourth-order valence-electron chi connectivity index (χ4n) is 2.66. The Morgan fingerprint density at radius 2 is 2.29 bits per heavy atom. The van der Waals surface area contributed by atoms with Crippen LogP contribution in [-0.4, -0.2) is 40.0 Å². The molecule has 0 aliphatic carbocycles. The largest absolute Gasteiger partial charge is 0.481 e. The van der Waals surface area contributed by atoms with Crippen LogP contribution in [0.2, 0.25) is 5.15 Å². The van der Waals surface area contributed by atoms with Gasteiger partial charge in [0, 0.05) is 23.8 Å². The zero-order valence-electron chi connectivity index (χ0n) is 11.6. The molecule has 2 heterocycles. The number of hydrogen-bond donors (Lipinski definition) is 1. The van der Waals surface area contributed by atoms with Gasteiger partial charge in [-0.2, -0.15) is 0 Å². The monoisotopic (exact) mass is 374 g/mol. The number of likely N-dealkylation sites (tertiary alicyclic amines) is 1. The van der Waals surface area contributed by atoms with Crippen molar-refractivity contribution in [1.82, 2.24) is 9.88 Å². The molecule has 1 aliphatic heterocycles. The number of nitrogens with zero attached hydrogens (tertiary/aromatic N) is 2. The van der Waals surface area contributed by atoms with Crippen molar-refractivity contribution in [1.29, 1.82) is 0 Å². The van der Waals surface area contributed by atoms with Crippen molar-refractivity contribution in [2.45, 2.75) is 26.2 Å². The number of halogens is 2. The fourth-order valence-corrected chi connectivity index (χ4v) is 3.18. The van der Waals surface area contributed by atoms with E-state index in [0.29, 0.717) is 35.8 Å². The predicted molar refractivity (Wildman–Crippen MR) is 82.4 cm³/mol. The highest BCUT2D eigenvalue weighted by Gasteiger charge is 2.42. The first kappa shape index (κ1) is 16.2. The lowest BCUT2D eigenvalue weighted by Gasteiger charge is -2.39. The van der Waals surface area contributed by atoms with E-state index in [2.05, 4.69) is 20.9 Å². The average molecular weight is 376 g/mol. The molecule has 1 unspecified atom stereocenters. The fraction of sp³-hybridized carbons (Fsp3) is 0.500. The number of hydrogen-bond acceptors (Lipinski definition) is 3. The Bertz CT molecular complexity index is 581. The third-order valence-electron chi connectivity index (χ3n) is 4.03. The van der Waals surface area contributed by atoms with Gasteiger partial charge in [0.15, 0.2) is 0 Å². The van der Waals surface area contributed by atoms with Crippen LogP contribution in [0.15, 0.2) is 16.7 Å². The van der Waals surface area contributed by atoms with E-state index in [0.717, 1.165) is 0 Å². The van der Waals surface area contributed by atoms with E-state index in [-0.39, 0.29) is 17.6 Å². The second-order valence-corrected chi connectivity index (χ2v) is 6.53. The van der Waals surface area contributed by atoms with Crippen molar-refractivity contribution in [3.8, 4) is 0 Å². The summed E-state index contributed by atoms with van der Waals surface area (Å²) in [4.78, 5) is 29.6. The molecule has 1 amide bonds. The van der Waals surface area contributed by atoms with Gasteiger partial charge in [0.1, 0.15) is 5.15 Å². The number of carbonyl (C=O) groups is 2. The van der Waals surface area contributed by atoms with Gasteiger partial charge in [-0.15, -0.1) is 0 Å². The summed E-state index contributed by atoms with van der Waals surface area (Å²) in [5, 5.41) is 9.60. The SMILES string of the molecule is CCC1(C(=O)O)CCCN(C(=O)c2cc(Br)cnc2Cl)C1. The number of carboxylic acid groups (broad SMARTS) is 1. The topological polar surface area (TPSA) is 70.5 Å². The normalized spacial score (nSPS) is 22.1. The smallest absolute Gasteiger partial charge is 0.311 e. The van der Waals surface area contributed by atoms with E-state index >= 15 is 0 Å². The lowest BCUT2D eigenvalue weighted by molar-refractivity contribution is -0.152. The summed E-state index contributed by atoms with van der Waals surface area (Å²) in [5.41, 5.74) is -0.567. The molecule has 0 radical (unpaired) electrons. The van der Waals surface area contributed by atoms with Crippen LogP contribution in [0.4, 0.5) is 0 Å². The molecule has 0 aromatic carbocycles. The van der Waals surface area contributed by atoms with E-state index in [4.69, 9.17) is 11.6 Å². The molecule has 1 atom stereocenters. The molecule has 1 aromatic rings. The molecule has 21 heavy (non-hydrogen) atoms. The summed E-state index contributed by atoms with van der Waals surface area (Å²) in [7, 11) is 0. The molecule has 114 valence electrons. The van der Waals surface area contributed by atoms with Crippen LogP contribution in [0, 0.1) is 5.41 Å². The molecular formula is C14H16BrClN2O3. The summed E-state index contributed by atoms with van der Waals surface area (Å²) in [6.07, 6.45) is 3.28. The molecule has 1 saturated heterocycles. The van der Waals surface area contributed by atoms with Gasteiger partial charge in [0.2, 0.25) is 0 Å².